The number of rotatable bonds is 4. The summed E-state index contributed by atoms with van der Waals surface area (Å²) in [6.45, 7) is 0. The van der Waals surface area contributed by atoms with Gasteiger partial charge in [0.1, 0.15) is 6.10 Å². The van der Waals surface area contributed by atoms with Gasteiger partial charge in [-0.25, -0.2) is 0 Å². The normalized spacial score (nSPS) is 21.7. The van der Waals surface area contributed by atoms with E-state index in [1.807, 2.05) is 30.3 Å². The van der Waals surface area contributed by atoms with E-state index in [1.165, 1.54) is 5.56 Å². The van der Waals surface area contributed by atoms with Crippen molar-refractivity contribution in [3.63, 3.8) is 0 Å². The quantitative estimate of drug-likeness (QED) is 0.423. The SMILES string of the molecule is c1ccc([C@@H]2O[C@H](c3ccco3)N(c3ccccc3)[C@H]2c2ccccc2)cc1. The zero-order valence-corrected chi connectivity index (χ0v) is 15.4. The van der Waals surface area contributed by atoms with Gasteiger partial charge in [0, 0.05) is 5.69 Å². The first-order chi connectivity index (χ1) is 13.9. The second kappa shape index (κ2) is 7.37. The van der Waals surface area contributed by atoms with E-state index in [2.05, 4.69) is 77.7 Å². The van der Waals surface area contributed by atoms with Crippen LogP contribution in [0.5, 0.6) is 0 Å². The van der Waals surface area contributed by atoms with Crippen LogP contribution in [0, 0.1) is 0 Å². The minimum absolute atomic E-state index is 0.0288. The Morgan fingerprint density at radius 3 is 1.82 bits per heavy atom. The van der Waals surface area contributed by atoms with Crippen LogP contribution in [-0.4, -0.2) is 0 Å². The molecule has 0 unspecified atom stereocenters. The van der Waals surface area contributed by atoms with Crippen LogP contribution >= 0.6 is 0 Å². The number of nitrogens with zero attached hydrogens (tertiary/aromatic N) is 1. The van der Waals surface area contributed by atoms with Crippen molar-refractivity contribution in [2.75, 3.05) is 4.90 Å². The van der Waals surface area contributed by atoms with Gasteiger partial charge in [-0.2, -0.15) is 0 Å². The average molecular weight is 367 g/mol. The Labute approximate surface area is 164 Å². The van der Waals surface area contributed by atoms with Gasteiger partial charge in [-0.3, -0.25) is 0 Å². The van der Waals surface area contributed by atoms with E-state index in [4.69, 9.17) is 9.15 Å². The largest absolute Gasteiger partial charge is 0.465 e. The summed E-state index contributed by atoms with van der Waals surface area (Å²) in [5.74, 6) is 0.809. The van der Waals surface area contributed by atoms with Gasteiger partial charge in [0.15, 0.2) is 12.0 Å². The second-order valence-electron chi connectivity index (χ2n) is 6.93. The van der Waals surface area contributed by atoms with Crippen LogP contribution < -0.4 is 4.90 Å². The third-order valence-electron chi connectivity index (χ3n) is 5.22. The third kappa shape index (κ3) is 3.00. The van der Waals surface area contributed by atoms with Crippen LogP contribution in [0.4, 0.5) is 5.69 Å². The molecule has 0 N–H and O–H groups in total. The van der Waals surface area contributed by atoms with E-state index in [0.29, 0.717) is 0 Å². The molecule has 3 aromatic carbocycles. The van der Waals surface area contributed by atoms with Crippen LogP contribution in [0.25, 0.3) is 0 Å². The fourth-order valence-electron chi connectivity index (χ4n) is 3.99. The minimum atomic E-state index is -0.298. The molecule has 0 amide bonds. The second-order valence-corrected chi connectivity index (χ2v) is 6.93. The average Bonchev–Trinajstić information content (AvgIpc) is 3.43. The molecular formula is C25H21NO2. The number of hydrogen-bond acceptors (Lipinski definition) is 3. The summed E-state index contributed by atoms with van der Waals surface area (Å²) in [6, 6.07) is 35.3. The molecule has 0 radical (unpaired) electrons. The highest BCUT2D eigenvalue weighted by molar-refractivity contribution is 5.52. The summed E-state index contributed by atoms with van der Waals surface area (Å²) in [5.41, 5.74) is 3.48. The van der Waals surface area contributed by atoms with Crippen molar-refractivity contribution in [1.29, 1.82) is 0 Å². The van der Waals surface area contributed by atoms with E-state index >= 15 is 0 Å². The molecule has 5 rings (SSSR count). The van der Waals surface area contributed by atoms with Gasteiger partial charge >= 0.3 is 0 Å². The molecule has 2 heterocycles. The molecule has 3 atom stereocenters. The lowest BCUT2D eigenvalue weighted by Crippen LogP contribution is -2.27. The lowest BCUT2D eigenvalue weighted by molar-refractivity contribution is 0.0287. The summed E-state index contributed by atoms with van der Waals surface area (Å²) < 4.78 is 12.4. The number of hydrogen-bond donors (Lipinski definition) is 0. The van der Waals surface area contributed by atoms with E-state index < -0.39 is 0 Å². The molecule has 1 aromatic heterocycles. The zero-order valence-electron chi connectivity index (χ0n) is 15.4. The molecule has 4 aromatic rings. The van der Waals surface area contributed by atoms with Crippen molar-refractivity contribution < 1.29 is 9.15 Å². The minimum Gasteiger partial charge on any atom is -0.465 e. The third-order valence-corrected chi connectivity index (χ3v) is 5.22. The van der Waals surface area contributed by atoms with Crippen LogP contribution in [0.3, 0.4) is 0 Å². The Morgan fingerprint density at radius 1 is 0.607 bits per heavy atom. The van der Waals surface area contributed by atoms with Crippen LogP contribution in [0.1, 0.15) is 35.3 Å². The monoisotopic (exact) mass is 367 g/mol. The van der Waals surface area contributed by atoms with Gasteiger partial charge in [-0.05, 0) is 35.4 Å². The molecule has 0 bridgehead atoms. The van der Waals surface area contributed by atoms with Crippen molar-refractivity contribution in [2.24, 2.45) is 0 Å². The van der Waals surface area contributed by atoms with Gasteiger partial charge in [-0.15, -0.1) is 0 Å². The number of ether oxygens (including phenoxy) is 1. The van der Waals surface area contributed by atoms with E-state index in [9.17, 15) is 0 Å². The molecule has 1 aliphatic rings. The molecule has 1 aliphatic heterocycles. The Kier molecular flexibility index (Phi) is 4.43. The predicted molar refractivity (Wildman–Crippen MR) is 110 cm³/mol. The van der Waals surface area contributed by atoms with Gasteiger partial charge in [0.2, 0.25) is 0 Å². The summed E-state index contributed by atoms with van der Waals surface area (Å²) in [5, 5.41) is 0. The van der Waals surface area contributed by atoms with Crippen molar-refractivity contribution in [3.8, 4) is 0 Å². The van der Waals surface area contributed by atoms with Crippen molar-refractivity contribution in [2.45, 2.75) is 18.4 Å². The van der Waals surface area contributed by atoms with Gasteiger partial charge < -0.3 is 14.1 Å². The maximum Gasteiger partial charge on any atom is 0.190 e. The van der Waals surface area contributed by atoms with Crippen molar-refractivity contribution in [1.82, 2.24) is 0 Å². The summed E-state index contributed by atoms with van der Waals surface area (Å²) in [4.78, 5) is 2.33. The molecule has 1 fully saturated rings. The number of para-hydroxylation sites is 1. The molecular weight excluding hydrogens is 346 g/mol. The van der Waals surface area contributed by atoms with E-state index in [1.54, 1.807) is 6.26 Å². The first kappa shape index (κ1) is 16.8. The molecule has 1 saturated heterocycles. The highest BCUT2D eigenvalue weighted by atomic mass is 16.5. The van der Waals surface area contributed by atoms with E-state index in [-0.39, 0.29) is 18.4 Å². The lowest BCUT2D eigenvalue weighted by Gasteiger charge is -2.31. The van der Waals surface area contributed by atoms with Crippen molar-refractivity contribution >= 4 is 5.69 Å². The maximum absolute atomic E-state index is 6.66. The van der Waals surface area contributed by atoms with Gasteiger partial charge in [0.05, 0.1) is 12.3 Å². The molecule has 28 heavy (non-hydrogen) atoms. The molecule has 0 saturated carbocycles. The fraction of sp³-hybridized carbons (Fsp3) is 0.120. The smallest absolute Gasteiger partial charge is 0.190 e. The summed E-state index contributed by atoms with van der Waals surface area (Å²) in [6.07, 6.45) is 1.29. The first-order valence-electron chi connectivity index (χ1n) is 9.54. The van der Waals surface area contributed by atoms with Crippen LogP contribution in [0.15, 0.2) is 114 Å². The summed E-state index contributed by atoms with van der Waals surface area (Å²) >= 11 is 0. The van der Waals surface area contributed by atoms with Crippen molar-refractivity contribution in [3.05, 3.63) is 126 Å². The Balaban J connectivity index is 1.68. The Hall–Kier alpha value is -3.30. The Bertz CT molecular complexity index is 1000. The molecule has 3 nitrogen and oxygen atoms in total. The van der Waals surface area contributed by atoms with Crippen LogP contribution in [-0.2, 0) is 4.74 Å². The molecule has 0 aliphatic carbocycles. The molecule has 3 heteroatoms. The Morgan fingerprint density at radius 2 is 1.21 bits per heavy atom. The molecule has 138 valence electrons. The van der Waals surface area contributed by atoms with Crippen LogP contribution in [0.2, 0.25) is 0 Å². The summed E-state index contributed by atoms with van der Waals surface area (Å²) in [7, 11) is 0. The highest BCUT2D eigenvalue weighted by Crippen LogP contribution is 2.52. The zero-order chi connectivity index (χ0) is 18.8. The maximum atomic E-state index is 6.66. The standard InChI is InChI=1S/C25H21NO2/c1-4-11-19(12-5-1)23-24(20-13-6-2-7-14-20)28-25(22-17-10-18-27-22)26(23)21-15-8-3-9-16-21/h1-18,23-25H/t23-,24-,25+/m0/s1. The molecule has 0 spiro atoms. The number of benzene rings is 3. The first-order valence-corrected chi connectivity index (χ1v) is 9.54. The van der Waals surface area contributed by atoms with E-state index in [0.717, 1.165) is 17.0 Å². The topological polar surface area (TPSA) is 25.6 Å². The fourth-order valence-corrected chi connectivity index (χ4v) is 3.99. The van der Waals surface area contributed by atoms with Gasteiger partial charge in [-0.1, -0.05) is 78.9 Å². The lowest BCUT2D eigenvalue weighted by atomic mass is 9.95. The van der Waals surface area contributed by atoms with Gasteiger partial charge in [0.25, 0.3) is 0 Å². The number of anilines is 1. The highest BCUT2D eigenvalue weighted by Gasteiger charge is 2.45. The number of furan rings is 1. The predicted octanol–water partition coefficient (Wildman–Crippen LogP) is 6.30.